The Morgan fingerprint density at radius 3 is 2.38 bits per heavy atom. The minimum absolute atomic E-state index is 0.252. The van der Waals surface area contributed by atoms with Crippen LogP contribution in [0.15, 0.2) is 18.2 Å². The average molecular weight is 237 g/mol. The van der Waals surface area contributed by atoms with E-state index in [9.17, 15) is 4.57 Å². The molecule has 0 saturated carbocycles. The lowest BCUT2D eigenvalue weighted by Crippen LogP contribution is -1.87. The van der Waals surface area contributed by atoms with Gasteiger partial charge in [-0.25, -0.2) is 0 Å². The number of halogens is 2. The fourth-order valence-electron chi connectivity index (χ4n) is 1.22. The van der Waals surface area contributed by atoms with Crippen LogP contribution < -0.4 is 0 Å². The molecule has 0 aliphatic heterocycles. The normalized spacial score (nSPS) is 11.7. The van der Waals surface area contributed by atoms with E-state index in [4.69, 9.17) is 22.5 Å². The maximum Gasteiger partial charge on any atom is 0.257 e. The van der Waals surface area contributed by atoms with E-state index in [2.05, 4.69) is 0 Å². The Morgan fingerprint density at radius 1 is 1.31 bits per heavy atom. The standard InChI is InChI=1S/C9H11Cl2OP/c1-7-3-4-9(8(2)5-7)6-13(10,11)12/h3-5H,6H2,1-2H3. The summed E-state index contributed by atoms with van der Waals surface area (Å²) in [7, 11) is 0. The molecule has 0 atom stereocenters. The average Bonchev–Trinajstić information content (AvgIpc) is 1.93. The highest BCUT2D eigenvalue weighted by molar-refractivity contribution is 8.08. The molecule has 1 aromatic rings. The zero-order valence-electron chi connectivity index (χ0n) is 7.55. The van der Waals surface area contributed by atoms with Crippen LogP contribution in [0.2, 0.25) is 0 Å². The van der Waals surface area contributed by atoms with Crippen LogP contribution in [0.4, 0.5) is 0 Å². The van der Waals surface area contributed by atoms with Crippen LogP contribution >= 0.6 is 28.3 Å². The van der Waals surface area contributed by atoms with Gasteiger partial charge in [0.25, 0.3) is 5.85 Å². The van der Waals surface area contributed by atoms with Gasteiger partial charge in [0.15, 0.2) is 0 Å². The Bertz CT molecular complexity index is 357. The quantitative estimate of drug-likeness (QED) is 0.693. The van der Waals surface area contributed by atoms with Crippen molar-refractivity contribution in [2.45, 2.75) is 20.0 Å². The molecule has 0 amide bonds. The van der Waals surface area contributed by atoms with Crippen LogP contribution in [0.3, 0.4) is 0 Å². The Hall–Kier alpha value is 0.0300. The molecule has 0 N–H and O–H groups in total. The van der Waals surface area contributed by atoms with Crippen molar-refractivity contribution in [3.8, 4) is 0 Å². The molecule has 0 aliphatic carbocycles. The van der Waals surface area contributed by atoms with Crippen molar-refractivity contribution in [2.75, 3.05) is 0 Å². The summed E-state index contributed by atoms with van der Waals surface area (Å²) < 4.78 is 11.2. The smallest absolute Gasteiger partial charge is 0.257 e. The van der Waals surface area contributed by atoms with Crippen molar-refractivity contribution in [3.05, 3.63) is 34.9 Å². The first kappa shape index (κ1) is 11.1. The monoisotopic (exact) mass is 236 g/mol. The van der Waals surface area contributed by atoms with E-state index in [0.717, 1.165) is 11.1 Å². The van der Waals surface area contributed by atoms with E-state index < -0.39 is 5.85 Å². The summed E-state index contributed by atoms with van der Waals surface area (Å²) in [5.41, 5.74) is 3.22. The minimum Gasteiger partial charge on any atom is -0.289 e. The lowest BCUT2D eigenvalue weighted by Gasteiger charge is -2.06. The fourth-order valence-corrected chi connectivity index (χ4v) is 2.75. The third-order valence-corrected chi connectivity index (χ3v) is 3.28. The van der Waals surface area contributed by atoms with E-state index >= 15 is 0 Å². The molecule has 13 heavy (non-hydrogen) atoms. The summed E-state index contributed by atoms with van der Waals surface area (Å²) in [4.78, 5) is 0. The van der Waals surface area contributed by atoms with E-state index in [1.54, 1.807) is 0 Å². The van der Waals surface area contributed by atoms with Crippen LogP contribution in [0.25, 0.3) is 0 Å². The second-order valence-electron chi connectivity index (χ2n) is 3.16. The van der Waals surface area contributed by atoms with Gasteiger partial charge in [0.1, 0.15) is 0 Å². The van der Waals surface area contributed by atoms with Crippen molar-refractivity contribution >= 4 is 28.3 Å². The van der Waals surface area contributed by atoms with E-state index in [1.807, 2.05) is 32.0 Å². The first-order valence-electron chi connectivity index (χ1n) is 3.93. The number of aryl methyl sites for hydroxylation is 2. The molecule has 0 bridgehead atoms. The van der Waals surface area contributed by atoms with Gasteiger partial charge in [-0.05, 0) is 47.5 Å². The molecular formula is C9H11Cl2OP. The van der Waals surface area contributed by atoms with Gasteiger partial charge in [-0.1, -0.05) is 23.8 Å². The van der Waals surface area contributed by atoms with Crippen molar-refractivity contribution in [1.82, 2.24) is 0 Å². The second-order valence-corrected chi connectivity index (χ2v) is 8.41. The summed E-state index contributed by atoms with van der Waals surface area (Å²) in [6, 6.07) is 5.91. The van der Waals surface area contributed by atoms with Crippen LogP contribution in [-0.2, 0) is 10.7 Å². The maximum atomic E-state index is 11.2. The van der Waals surface area contributed by atoms with Crippen molar-refractivity contribution in [1.29, 1.82) is 0 Å². The van der Waals surface area contributed by atoms with Gasteiger partial charge >= 0.3 is 0 Å². The summed E-state index contributed by atoms with van der Waals surface area (Å²) in [5.74, 6) is -2.99. The SMILES string of the molecule is Cc1ccc(CP(=O)(Cl)Cl)c(C)c1. The lowest BCUT2D eigenvalue weighted by molar-refractivity contribution is 0.592. The second kappa shape index (κ2) is 4.04. The van der Waals surface area contributed by atoms with Crippen molar-refractivity contribution in [2.24, 2.45) is 0 Å². The molecule has 0 heterocycles. The number of hydrogen-bond acceptors (Lipinski definition) is 1. The van der Waals surface area contributed by atoms with E-state index in [-0.39, 0.29) is 6.16 Å². The highest BCUT2D eigenvalue weighted by Crippen LogP contribution is 2.59. The first-order chi connectivity index (χ1) is 5.88. The van der Waals surface area contributed by atoms with Gasteiger partial charge in [0, 0.05) is 0 Å². The Balaban J connectivity index is 2.97. The Kier molecular flexibility index (Phi) is 3.45. The fraction of sp³-hybridized carbons (Fsp3) is 0.333. The van der Waals surface area contributed by atoms with Crippen molar-refractivity contribution in [3.63, 3.8) is 0 Å². The van der Waals surface area contributed by atoms with E-state index in [1.165, 1.54) is 5.56 Å². The summed E-state index contributed by atoms with van der Waals surface area (Å²) in [5, 5.41) is 0. The predicted octanol–water partition coefficient (Wildman–Crippen LogP) is 4.47. The van der Waals surface area contributed by atoms with Gasteiger partial charge in [-0.3, -0.25) is 4.57 Å². The van der Waals surface area contributed by atoms with Crippen LogP contribution in [0.5, 0.6) is 0 Å². The minimum atomic E-state index is -2.99. The van der Waals surface area contributed by atoms with Gasteiger partial charge in [0.2, 0.25) is 0 Å². The van der Waals surface area contributed by atoms with Gasteiger partial charge in [0.05, 0.1) is 6.16 Å². The van der Waals surface area contributed by atoms with Crippen LogP contribution in [0, 0.1) is 13.8 Å². The first-order valence-corrected chi connectivity index (χ1v) is 7.63. The zero-order chi connectivity index (χ0) is 10.1. The molecule has 4 heteroatoms. The Labute approximate surface area is 88.0 Å². The molecule has 1 rings (SSSR count). The highest BCUT2D eigenvalue weighted by atomic mass is 35.9. The molecule has 72 valence electrons. The molecular weight excluding hydrogens is 226 g/mol. The molecule has 0 aliphatic rings. The summed E-state index contributed by atoms with van der Waals surface area (Å²) >= 11 is 11.0. The molecule has 0 unspecified atom stereocenters. The van der Waals surface area contributed by atoms with Crippen LogP contribution in [0.1, 0.15) is 16.7 Å². The highest BCUT2D eigenvalue weighted by Gasteiger charge is 2.15. The van der Waals surface area contributed by atoms with E-state index in [0.29, 0.717) is 0 Å². The lowest BCUT2D eigenvalue weighted by atomic mass is 10.1. The third-order valence-electron chi connectivity index (χ3n) is 1.85. The maximum absolute atomic E-state index is 11.2. The topological polar surface area (TPSA) is 17.1 Å². The number of benzene rings is 1. The van der Waals surface area contributed by atoms with Gasteiger partial charge in [-0.15, -0.1) is 0 Å². The number of rotatable bonds is 2. The summed E-state index contributed by atoms with van der Waals surface area (Å²) in [6.45, 7) is 3.98. The largest absolute Gasteiger partial charge is 0.289 e. The molecule has 0 fully saturated rings. The number of hydrogen-bond donors (Lipinski definition) is 0. The third kappa shape index (κ3) is 3.72. The molecule has 0 saturated heterocycles. The van der Waals surface area contributed by atoms with Gasteiger partial charge in [-0.2, -0.15) is 0 Å². The van der Waals surface area contributed by atoms with Crippen LogP contribution in [-0.4, -0.2) is 0 Å². The molecule has 0 aromatic heterocycles. The summed E-state index contributed by atoms with van der Waals surface area (Å²) in [6.07, 6.45) is 0.252. The Morgan fingerprint density at radius 2 is 1.92 bits per heavy atom. The van der Waals surface area contributed by atoms with Crippen molar-refractivity contribution < 1.29 is 4.57 Å². The molecule has 0 spiro atoms. The molecule has 1 aromatic carbocycles. The zero-order valence-corrected chi connectivity index (χ0v) is 9.96. The van der Waals surface area contributed by atoms with Gasteiger partial charge < -0.3 is 0 Å². The predicted molar refractivity (Wildman–Crippen MR) is 58.9 cm³/mol. The molecule has 1 nitrogen and oxygen atoms in total. The molecule has 0 radical (unpaired) electrons.